The second-order valence-corrected chi connectivity index (χ2v) is 5.21. The fourth-order valence-corrected chi connectivity index (χ4v) is 2.36. The molecule has 0 saturated carbocycles. The van der Waals surface area contributed by atoms with E-state index in [0.717, 1.165) is 45.0 Å². The molecule has 1 aromatic rings. The van der Waals surface area contributed by atoms with Crippen LogP contribution in [0, 0.1) is 0 Å². The molecule has 0 bridgehead atoms. The Labute approximate surface area is 126 Å². The molecule has 1 fully saturated rings. The fourth-order valence-electron chi connectivity index (χ4n) is 2.36. The van der Waals surface area contributed by atoms with Gasteiger partial charge in [0.05, 0.1) is 0 Å². The van der Waals surface area contributed by atoms with Gasteiger partial charge in [-0.15, -0.1) is 0 Å². The van der Waals surface area contributed by atoms with Gasteiger partial charge in [-0.1, -0.05) is 0 Å². The van der Waals surface area contributed by atoms with Crippen LogP contribution in [-0.4, -0.2) is 55.4 Å². The molecule has 0 unspecified atom stereocenters. The zero-order chi connectivity index (χ0) is 14.9. The van der Waals surface area contributed by atoms with Crippen LogP contribution in [0.1, 0.15) is 32.1 Å². The molecule has 1 aliphatic heterocycles. The number of unbranched alkanes of at least 4 members (excludes halogenated alkanes) is 1. The van der Waals surface area contributed by atoms with E-state index in [1.807, 2.05) is 7.05 Å². The monoisotopic (exact) mass is 294 g/mol. The van der Waals surface area contributed by atoms with Gasteiger partial charge in [0, 0.05) is 40.4 Å². The van der Waals surface area contributed by atoms with Crippen molar-refractivity contribution in [2.45, 2.75) is 32.1 Å². The number of hydrogen-bond donors (Lipinski definition) is 2. The molecule has 2 N–H and O–H groups in total. The Hall–Kier alpha value is -1.63. The second-order valence-electron chi connectivity index (χ2n) is 5.21. The molecule has 0 atom stereocenters. The number of rotatable bonds is 8. The van der Waals surface area contributed by atoms with Crippen LogP contribution >= 0.6 is 0 Å². The maximum atomic E-state index is 5.04. The summed E-state index contributed by atoms with van der Waals surface area (Å²) < 4.78 is 5.04. The summed E-state index contributed by atoms with van der Waals surface area (Å²) in [5.74, 6) is 2.03. The number of methoxy groups -OCH3 is 1. The van der Waals surface area contributed by atoms with Gasteiger partial charge in [-0.25, -0.2) is 0 Å². The predicted octanol–water partition coefficient (Wildman–Crippen LogP) is 1.74. The van der Waals surface area contributed by atoms with Crippen LogP contribution in [0.4, 0.5) is 17.8 Å². The van der Waals surface area contributed by atoms with Crippen molar-refractivity contribution in [3.05, 3.63) is 0 Å². The molecule has 21 heavy (non-hydrogen) atoms. The highest BCUT2D eigenvalue weighted by molar-refractivity contribution is 5.43. The summed E-state index contributed by atoms with van der Waals surface area (Å²) in [7, 11) is 3.56. The summed E-state index contributed by atoms with van der Waals surface area (Å²) in [5, 5.41) is 6.28. The van der Waals surface area contributed by atoms with Crippen molar-refractivity contribution in [1.29, 1.82) is 0 Å². The van der Waals surface area contributed by atoms with Crippen LogP contribution in [0.15, 0.2) is 0 Å². The van der Waals surface area contributed by atoms with Gasteiger partial charge in [-0.3, -0.25) is 0 Å². The third kappa shape index (κ3) is 5.00. The van der Waals surface area contributed by atoms with Crippen molar-refractivity contribution in [2.24, 2.45) is 0 Å². The van der Waals surface area contributed by atoms with Crippen LogP contribution in [0.3, 0.4) is 0 Å². The molecule has 0 amide bonds. The molecule has 1 aromatic heterocycles. The first-order valence-electron chi connectivity index (χ1n) is 7.75. The van der Waals surface area contributed by atoms with Crippen LogP contribution in [0.5, 0.6) is 0 Å². The highest BCUT2D eigenvalue weighted by Crippen LogP contribution is 2.18. The largest absolute Gasteiger partial charge is 0.385 e. The summed E-state index contributed by atoms with van der Waals surface area (Å²) in [6.45, 7) is 3.69. The van der Waals surface area contributed by atoms with Gasteiger partial charge >= 0.3 is 0 Å². The summed E-state index contributed by atoms with van der Waals surface area (Å²) >= 11 is 0. The minimum atomic E-state index is 0.616. The minimum Gasteiger partial charge on any atom is -0.385 e. The van der Waals surface area contributed by atoms with Gasteiger partial charge in [0.1, 0.15) is 0 Å². The van der Waals surface area contributed by atoms with Gasteiger partial charge in [0.25, 0.3) is 0 Å². The maximum Gasteiger partial charge on any atom is 0.231 e. The van der Waals surface area contributed by atoms with Crippen molar-refractivity contribution in [3.8, 4) is 0 Å². The van der Waals surface area contributed by atoms with E-state index >= 15 is 0 Å². The Morgan fingerprint density at radius 3 is 2.52 bits per heavy atom. The Bertz CT molecular complexity index is 422. The first-order chi connectivity index (χ1) is 10.3. The van der Waals surface area contributed by atoms with Crippen LogP contribution in [0.2, 0.25) is 0 Å². The fraction of sp³-hybridized carbons (Fsp3) is 0.786. The lowest BCUT2D eigenvalue weighted by Gasteiger charge is -2.26. The Morgan fingerprint density at radius 1 is 1.05 bits per heavy atom. The van der Waals surface area contributed by atoms with E-state index < -0.39 is 0 Å². The number of anilines is 3. The Balaban J connectivity index is 1.96. The molecule has 2 rings (SSSR count). The average Bonchev–Trinajstić information content (AvgIpc) is 2.55. The number of aromatic nitrogens is 3. The average molecular weight is 294 g/mol. The molecule has 1 aliphatic rings. The first kappa shape index (κ1) is 15.8. The third-order valence-corrected chi connectivity index (χ3v) is 3.54. The number of piperidine rings is 1. The maximum absolute atomic E-state index is 5.04. The molecule has 118 valence electrons. The van der Waals surface area contributed by atoms with Gasteiger partial charge in [-0.2, -0.15) is 15.0 Å². The predicted molar refractivity (Wildman–Crippen MR) is 85.0 cm³/mol. The zero-order valence-electron chi connectivity index (χ0n) is 13.1. The molecular weight excluding hydrogens is 268 g/mol. The standard InChI is InChI=1S/C14H26N6O/c1-15-12-17-13(16-8-4-7-11-21-2)19-14(18-12)20-9-5-3-6-10-20/h3-11H2,1-2H3,(H2,15,16,17,18,19). The van der Waals surface area contributed by atoms with E-state index in [9.17, 15) is 0 Å². The number of nitrogens with zero attached hydrogens (tertiary/aromatic N) is 4. The summed E-state index contributed by atoms with van der Waals surface area (Å²) in [6.07, 6.45) is 5.78. The first-order valence-corrected chi connectivity index (χ1v) is 7.75. The quantitative estimate of drug-likeness (QED) is 0.707. The normalized spacial score (nSPS) is 15.0. The zero-order valence-corrected chi connectivity index (χ0v) is 13.1. The van der Waals surface area contributed by atoms with Crippen molar-refractivity contribution < 1.29 is 4.74 Å². The van der Waals surface area contributed by atoms with Crippen molar-refractivity contribution in [3.63, 3.8) is 0 Å². The second kappa shape index (κ2) is 8.61. The van der Waals surface area contributed by atoms with Crippen LogP contribution < -0.4 is 15.5 Å². The summed E-state index contributed by atoms with van der Waals surface area (Å²) in [5.41, 5.74) is 0. The van der Waals surface area contributed by atoms with Crippen molar-refractivity contribution in [1.82, 2.24) is 15.0 Å². The Kier molecular flexibility index (Phi) is 6.46. The number of nitrogens with one attached hydrogen (secondary N) is 2. The van der Waals surface area contributed by atoms with E-state index in [1.54, 1.807) is 7.11 Å². The molecular formula is C14H26N6O. The molecule has 1 saturated heterocycles. The molecule has 0 spiro atoms. The van der Waals surface area contributed by atoms with Gasteiger partial charge in [0.2, 0.25) is 17.8 Å². The number of ether oxygens (including phenoxy) is 1. The van der Waals surface area contributed by atoms with E-state index in [0.29, 0.717) is 11.9 Å². The van der Waals surface area contributed by atoms with E-state index in [1.165, 1.54) is 19.3 Å². The lowest BCUT2D eigenvalue weighted by atomic mass is 10.1. The van der Waals surface area contributed by atoms with Gasteiger partial charge in [-0.05, 0) is 32.1 Å². The van der Waals surface area contributed by atoms with Gasteiger partial charge in [0.15, 0.2) is 0 Å². The van der Waals surface area contributed by atoms with Crippen LogP contribution in [-0.2, 0) is 4.74 Å². The van der Waals surface area contributed by atoms with E-state index in [4.69, 9.17) is 4.74 Å². The van der Waals surface area contributed by atoms with Crippen LogP contribution in [0.25, 0.3) is 0 Å². The molecule has 0 aliphatic carbocycles. The highest BCUT2D eigenvalue weighted by Gasteiger charge is 2.15. The molecule has 7 heteroatoms. The smallest absolute Gasteiger partial charge is 0.231 e. The molecule has 7 nitrogen and oxygen atoms in total. The Morgan fingerprint density at radius 2 is 1.81 bits per heavy atom. The minimum absolute atomic E-state index is 0.616. The highest BCUT2D eigenvalue weighted by atomic mass is 16.5. The van der Waals surface area contributed by atoms with Crippen molar-refractivity contribution >= 4 is 17.8 Å². The van der Waals surface area contributed by atoms with Gasteiger partial charge < -0.3 is 20.3 Å². The topological polar surface area (TPSA) is 75.2 Å². The number of hydrogen-bond acceptors (Lipinski definition) is 7. The molecule has 2 heterocycles. The van der Waals surface area contributed by atoms with Crippen molar-refractivity contribution in [2.75, 3.05) is 55.9 Å². The molecule has 0 radical (unpaired) electrons. The van der Waals surface area contributed by atoms with E-state index in [2.05, 4.69) is 30.5 Å². The third-order valence-electron chi connectivity index (χ3n) is 3.54. The lowest BCUT2D eigenvalue weighted by Crippen LogP contribution is -2.31. The molecule has 0 aromatic carbocycles. The SMILES string of the molecule is CNc1nc(NCCCCOC)nc(N2CCCCC2)n1. The summed E-state index contributed by atoms with van der Waals surface area (Å²) in [4.78, 5) is 15.6. The van der Waals surface area contributed by atoms with E-state index in [-0.39, 0.29) is 0 Å². The lowest BCUT2D eigenvalue weighted by molar-refractivity contribution is 0.193. The summed E-state index contributed by atoms with van der Waals surface area (Å²) in [6, 6.07) is 0.